The molecule has 30 heavy (non-hydrogen) atoms. The Morgan fingerprint density at radius 3 is 2.30 bits per heavy atom. The molecule has 0 heterocycles. The predicted molar refractivity (Wildman–Crippen MR) is 107 cm³/mol. The second-order valence-electron chi connectivity index (χ2n) is 9.21. The highest BCUT2D eigenvalue weighted by atomic mass is 35.5. The number of carbonyl (C=O) groups is 2. The minimum Gasteiger partial charge on any atom is -0.359 e. The van der Waals surface area contributed by atoms with E-state index in [-0.39, 0.29) is 34.7 Å². The summed E-state index contributed by atoms with van der Waals surface area (Å²) in [6.45, 7) is 0. The Labute approximate surface area is 178 Å². The van der Waals surface area contributed by atoms with Gasteiger partial charge in [-0.15, -0.1) is 0 Å². The molecule has 4 nitrogen and oxygen atoms in total. The molecule has 2 amide bonds. The van der Waals surface area contributed by atoms with Gasteiger partial charge in [-0.3, -0.25) is 9.59 Å². The zero-order valence-electron chi connectivity index (χ0n) is 16.9. The first-order chi connectivity index (χ1) is 14.2. The van der Waals surface area contributed by atoms with Crippen molar-refractivity contribution in [1.29, 1.82) is 0 Å². The number of hydrogen-bond donors (Lipinski definition) is 2. The van der Waals surface area contributed by atoms with Crippen LogP contribution >= 0.6 is 11.6 Å². The second kappa shape index (κ2) is 7.74. The van der Waals surface area contributed by atoms with Gasteiger partial charge in [-0.25, -0.2) is 13.2 Å². The molecular formula is C22H26ClF3N2O2. The third-order valence-electron chi connectivity index (χ3n) is 7.50. The van der Waals surface area contributed by atoms with E-state index in [2.05, 4.69) is 10.6 Å². The number of benzene rings is 1. The number of halogens is 4. The molecule has 0 spiro atoms. The number of nitrogens with one attached hydrogen (secondary N) is 2. The maximum atomic E-state index is 15.0. The molecule has 1 aromatic rings. The Balaban J connectivity index is 1.64. The van der Waals surface area contributed by atoms with Gasteiger partial charge in [-0.1, -0.05) is 11.6 Å². The summed E-state index contributed by atoms with van der Waals surface area (Å²) in [5.41, 5.74) is -2.37. The van der Waals surface area contributed by atoms with E-state index in [9.17, 15) is 22.8 Å². The minimum absolute atomic E-state index is 0.110. The number of carbonyl (C=O) groups excluding carboxylic acids is 2. The number of amides is 2. The molecule has 3 atom stereocenters. The van der Waals surface area contributed by atoms with Crippen LogP contribution in [0, 0.1) is 28.9 Å². The minimum atomic E-state index is -1.34. The third kappa shape index (κ3) is 3.59. The van der Waals surface area contributed by atoms with Crippen LogP contribution in [0.2, 0.25) is 5.02 Å². The first-order valence-electron chi connectivity index (χ1n) is 10.5. The van der Waals surface area contributed by atoms with Gasteiger partial charge in [0.2, 0.25) is 11.8 Å². The van der Waals surface area contributed by atoms with Gasteiger partial charge >= 0.3 is 0 Å². The van der Waals surface area contributed by atoms with Crippen LogP contribution in [0.4, 0.5) is 13.2 Å². The fraction of sp³-hybridized carbons (Fsp3) is 0.636. The Morgan fingerprint density at radius 2 is 1.73 bits per heavy atom. The smallest absolute Gasteiger partial charge is 0.223 e. The fourth-order valence-electron chi connectivity index (χ4n) is 5.83. The fourth-order valence-corrected chi connectivity index (χ4v) is 6.00. The van der Waals surface area contributed by atoms with E-state index < -0.39 is 34.7 Å². The van der Waals surface area contributed by atoms with Crippen molar-refractivity contribution in [3.8, 4) is 0 Å². The van der Waals surface area contributed by atoms with Gasteiger partial charge in [0.1, 0.15) is 17.3 Å². The summed E-state index contributed by atoms with van der Waals surface area (Å²) in [5, 5.41) is 5.23. The molecule has 4 rings (SSSR count). The van der Waals surface area contributed by atoms with Crippen LogP contribution in [0.5, 0.6) is 0 Å². The van der Waals surface area contributed by atoms with Gasteiger partial charge in [-0.2, -0.15) is 0 Å². The molecule has 164 valence electrons. The van der Waals surface area contributed by atoms with Gasteiger partial charge in [0.05, 0.1) is 11.1 Å². The highest BCUT2D eigenvalue weighted by Crippen LogP contribution is 2.63. The average molecular weight is 443 g/mol. The highest BCUT2D eigenvalue weighted by Gasteiger charge is 2.59. The Morgan fingerprint density at radius 1 is 1.10 bits per heavy atom. The summed E-state index contributed by atoms with van der Waals surface area (Å²) in [5.74, 6) is -2.83. The van der Waals surface area contributed by atoms with Gasteiger partial charge in [-0.05, 0) is 68.9 Å². The molecule has 3 aliphatic rings. The highest BCUT2D eigenvalue weighted by molar-refractivity contribution is 6.30. The maximum Gasteiger partial charge on any atom is 0.223 e. The summed E-state index contributed by atoms with van der Waals surface area (Å²) in [6.07, 6.45) is 3.21. The van der Waals surface area contributed by atoms with Crippen molar-refractivity contribution >= 4 is 23.4 Å². The molecule has 1 aromatic carbocycles. The van der Waals surface area contributed by atoms with Crippen molar-refractivity contribution in [3.63, 3.8) is 0 Å². The lowest BCUT2D eigenvalue weighted by Gasteiger charge is -2.37. The van der Waals surface area contributed by atoms with Gasteiger partial charge in [0.15, 0.2) is 0 Å². The molecule has 0 radical (unpaired) electrons. The number of alkyl halides is 1. The molecule has 0 saturated heterocycles. The zero-order chi connectivity index (χ0) is 21.7. The van der Waals surface area contributed by atoms with Crippen molar-refractivity contribution in [2.75, 3.05) is 7.05 Å². The Kier molecular flexibility index (Phi) is 5.54. The van der Waals surface area contributed by atoms with Crippen LogP contribution in [-0.4, -0.2) is 24.5 Å². The topological polar surface area (TPSA) is 58.2 Å². The van der Waals surface area contributed by atoms with Crippen molar-refractivity contribution in [2.45, 2.75) is 63.1 Å². The molecular weight excluding hydrogens is 417 g/mol. The van der Waals surface area contributed by atoms with Crippen molar-refractivity contribution < 1.29 is 22.8 Å². The molecule has 0 unspecified atom stereocenters. The molecule has 3 fully saturated rings. The predicted octanol–water partition coefficient (Wildman–Crippen LogP) is 4.61. The number of rotatable bonds is 5. The summed E-state index contributed by atoms with van der Waals surface area (Å²) in [6, 6.07) is 1.23. The zero-order valence-corrected chi connectivity index (χ0v) is 17.6. The van der Waals surface area contributed by atoms with Gasteiger partial charge in [0.25, 0.3) is 0 Å². The van der Waals surface area contributed by atoms with Crippen LogP contribution in [0.15, 0.2) is 12.1 Å². The SMILES string of the molecule is CNC(=O)[C@@H]1CC[C@H](C(=O)N[C@H](c2c(F)ccc(Cl)c2F)C23CCC(F)(CC2)C3)C1. The first kappa shape index (κ1) is 21.5. The molecule has 2 N–H and O–H groups in total. The second-order valence-corrected chi connectivity index (χ2v) is 9.62. The lowest BCUT2D eigenvalue weighted by atomic mass is 9.74. The summed E-state index contributed by atoms with van der Waals surface area (Å²) in [7, 11) is 1.55. The third-order valence-corrected chi connectivity index (χ3v) is 7.79. The molecule has 8 heteroatoms. The summed E-state index contributed by atoms with van der Waals surface area (Å²) >= 11 is 5.92. The van der Waals surface area contributed by atoms with Crippen LogP contribution in [-0.2, 0) is 9.59 Å². The lowest BCUT2D eigenvalue weighted by Crippen LogP contribution is -2.42. The molecule has 3 aliphatic carbocycles. The Bertz CT molecular complexity index is 870. The number of hydrogen-bond acceptors (Lipinski definition) is 2. The van der Waals surface area contributed by atoms with Gasteiger partial charge < -0.3 is 10.6 Å². The van der Waals surface area contributed by atoms with Gasteiger partial charge in [0, 0.05) is 24.4 Å². The molecule has 0 aliphatic heterocycles. The quantitative estimate of drug-likeness (QED) is 0.654. The van der Waals surface area contributed by atoms with E-state index >= 15 is 0 Å². The largest absolute Gasteiger partial charge is 0.359 e. The van der Waals surface area contributed by atoms with Crippen LogP contribution < -0.4 is 10.6 Å². The normalized spacial score (nSPS) is 33.5. The summed E-state index contributed by atoms with van der Waals surface area (Å²) in [4.78, 5) is 25.0. The molecule has 2 bridgehead atoms. The number of fused-ring (bicyclic) bond motifs is 2. The maximum absolute atomic E-state index is 15.0. The van der Waals surface area contributed by atoms with E-state index in [4.69, 9.17) is 11.6 Å². The summed E-state index contributed by atoms with van der Waals surface area (Å²) < 4.78 is 44.7. The van der Waals surface area contributed by atoms with Crippen molar-refractivity contribution in [1.82, 2.24) is 10.6 Å². The van der Waals surface area contributed by atoms with Crippen molar-refractivity contribution in [2.24, 2.45) is 17.3 Å². The lowest BCUT2D eigenvalue weighted by molar-refractivity contribution is -0.127. The first-order valence-corrected chi connectivity index (χ1v) is 10.9. The van der Waals surface area contributed by atoms with E-state index in [0.717, 1.165) is 12.1 Å². The standard InChI is InChI=1S/C22H26ClF3N2O2/c1-27-19(29)12-2-3-13(10-12)20(30)28-18(16-15(24)5-4-14(23)17(16)25)21-6-8-22(26,11-21)9-7-21/h4-5,12-13,18H,2-3,6-11H2,1H3,(H,27,29)(H,28,30)/t12-,13+,18-,21?,22?/m1/s1. The van der Waals surface area contributed by atoms with Crippen LogP contribution in [0.3, 0.4) is 0 Å². The van der Waals surface area contributed by atoms with E-state index in [0.29, 0.717) is 44.9 Å². The Hall–Kier alpha value is -1.76. The molecule has 0 aromatic heterocycles. The monoisotopic (exact) mass is 442 g/mol. The van der Waals surface area contributed by atoms with Crippen LogP contribution in [0.1, 0.15) is 63.0 Å². The van der Waals surface area contributed by atoms with E-state index in [1.165, 1.54) is 0 Å². The van der Waals surface area contributed by atoms with Crippen LogP contribution in [0.25, 0.3) is 0 Å². The molecule has 3 saturated carbocycles. The van der Waals surface area contributed by atoms with Crippen molar-refractivity contribution in [3.05, 3.63) is 34.4 Å². The average Bonchev–Trinajstić information content (AvgIpc) is 3.43. The van der Waals surface area contributed by atoms with E-state index in [1.54, 1.807) is 7.05 Å². The van der Waals surface area contributed by atoms with E-state index in [1.807, 2.05) is 0 Å².